The van der Waals surface area contributed by atoms with Crippen molar-refractivity contribution in [2.45, 2.75) is 13.8 Å². The fraction of sp³-hybridized carbons (Fsp3) is 0.455. The van der Waals surface area contributed by atoms with Crippen molar-refractivity contribution in [2.75, 3.05) is 18.5 Å². The fourth-order valence-corrected chi connectivity index (χ4v) is 1.77. The smallest absolute Gasteiger partial charge is 0.0498 e. The van der Waals surface area contributed by atoms with Crippen LogP contribution in [-0.2, 0) is 0 Å². The number of aliphatic hydroxyl groups is 1. The highest BCUT2D eigenvalue weighted by Crippen LogP contribution is 2.27. The minimum absolute atomic E-state index is 0.109. The summed E-state index contributed by atoms with van der Waals surface area (Å²) in [6.07, 6.45) is 0. The van der Waals surface area contributed by atoms with Crippen molar-refractivity contribution in [1.82, 2.24) is 0 Å². The predicted molar refractivity (Wildman–Crippen MR) is 71.2 cm³/mol. The Hall–Kier alpha value is -0.0600. The van der Waals surface area contributed by atoms with E-state index in [-0.39, 0.29) is 12.0 Å². The van der Waals surface area contributed by atoms with E-state index >= 15 is 0 Å². The van der Waals surface area contributed by atoms with Crippen molar-refractivity contribution in [3.63, 3.8) is 0 Å². The van der Waals surface area contributed by atoms with Crippen LogP contribution in [0.5, 0.6) is 0 Å². The molecule has 1 aromatic rings. The molecule has 84 valence electrons. The number of hydrogen-bond donors (Lipinski definition) is 2. The lowest BCUT2D eigenvalue weighted by Gasteiger charge is -2.23. The van der Waals surface area contributed by atoms with Crippen molar-refractivity contribution < 1.29 is 5.11 Å². The van der Waals surface area contributed by atoms with Gasteiger partial charge in [-0.3, -0.25) is 0 Å². The molecule has 0 unspecified atom stereocenters. The number of benzene rings is 1. The minimum Gasteiger partial charge on any atom is -0.396 e. The summed E-state index contributed by atoms with van der Waals surface area (Å²) in [6.45, 7) is 4.95. The summed E-state index contributed by atoms with van der Waals surface area (Å²) < 4.78 is 2.06. The average molecular weight is 337 g/mol. The van der Waals surface area contributed by atoms with Crippen LogP contribution < -0.4 is 5.32 Å². The number of aliphatic hydroxyl groups excluding tert-OH is 1. The van der Waals surface area contributed by atoms with Crippen molar-refractivity contribution >= 4 is 37.5 Å². The molecule has 2 nitrogen and oxygen atoms in total. The molecule has 0 aliphatic rings. The number of nitrogens with one attached hydrogen (secondary N) is 1. The molecule has 0 aliphatic heterocycles. The molecule has 0 fully saturated rings. The summed E-state index contributed by atoms with van der Waals surface area (Å²) >= 11 is 6.90. The second-order valence-corrected chi connectivity index (χ2v) is 6.07. The first-order valence-corrected chi connectivity index (χ1v) is 6.33. The van der Waals surface area contributed by atoms with Gasteiger partial charge in [-0.25, -0.2) is 0 Å². The molecule has 0 radical (unpaired) electrons. The van der Waals surface area contributed by atoms with Crippen molar-refractivity contribution in [3.05, 3.63) is 27.1 Å². The maximum Gasteiger partial charge on any atom is 0.0498 e. The molecular weight excluding hydrogens is 322 g/mol. The average Bonchev–Trinajstić information content (AvgIpc) is 2.20. The van der Waals surface area contributed by atoms with Crippen molar-refractivity contribution in [3.8, 4) is 0 Å². The molecule has 0 saturated carbocycles. The minimum atomic E-state index is -0.109. The zero-order chi connectivity index (χ0) is 11.5. The van der Waals surface area contributed by atoms with Crippen LogP contribution >= 0.6 is 31.9 Å². The van der Waals surface area contributed by atoms with E-state index in [9.17, 15) is 0 Å². The van der Waals surface area contributed by atoms with Crippen LogP contribution in [-0.4, -0.2) is 18.3 Å². The van der Waals surface area contributed by atoms with E-state index in [2.05, 4.69) is 37.2 Å². The van der Waals surface area contributed by atoms with Gasteiger partial charge in [-0.15, -0.1) is 0 Å². The van der Waals surface area contributed by atoms with Crippen LogP contribution in [0.25, 0.3) is 0 Å². The second kappa shape index (κ2) is 5.32. The van der Waals surface area contributed by atoms with Crippen LogP contribution in [0.4, 0.5) is 5.69 Å². The number of anilines is 1. The highest BCUT2D eigenvalue weighted by atomic mass is 79.9. The Morgan fingerprint density at radius 1 is 1.33 bits per heavy atom. The Morgan fingerprint density at radius 3 is 2.60 bits per heavy atom. The zero-order valence-electron chi connectivity index (χ0n) is 8.85. The van der Waals surface area contributed by atoms with E-state index in [1.54, 1.807) is 0 Å². The van der Waals surface area contributed by atoms with Gasteiger partial charge < -0.3 is 10.4 Å². The molecule has 0 saturated heterocycles. The van der Waals surface area contributed by atoms with Gasteiger partial charge in [0.15, 0.2) is 0 Å². The predicted octanol–water partition coefficient (Wildman–Crippen LogP) is 3.64. The second-order valence-electron chi connectivity index (χ2n) is 4.30. The molecule has 0 amide bonds. The zero-order valence-corrected chi connectivity index (χ0v) is 12.0. The van der Waals surface area contributed by atoms with Gasteiger partial charge in [0, 0.05) is 33.2 Å². The van der Waals surface area contributed by atoms with E-state index in [4.69, 9.17) is 5.11 Å². The van der Waals surface area contributed by atoms with E-state index < -0.39 is 0 Å². The number of rotatable bonds is 4. The van der Waals surface area contributed by atoms with Gasteiger partial charge in [0.05, 0.1) is 0 Å². The van der Waals surface area contributed by atoms with E-state index in [1.807, 2.05) is 32.0 Å². The van der Waals surface area contributed by atoms with Crippen molar-refractivity contribution in [2.24, 2.45) is 5.41 Å². The molecule has 0 heterocycles. The summed E-state index contributed by atoms with van der Waals surface area (Å²) in [7, 11) is 0. The number of hydrogen-bond acceptors (Lipinski definition) is 2. The number of halogens is 2. The first-order valence-electron chi connectivity index (χ1n) is 4.74. The molecule has 2 N–H and O–H groups in total. The normalized spacial score (nSPS) is 11.5. The Kier molecular flexibility index (Phi) is 4.62. The maximum atomic E-state index is 9.13. The monoisotopic (exact) mass is 335 g/mol. The highest BCUT2D eigenvalue weighted by molar-refractivity contribution is 9.11. The van der Waals surface area contributed by atoms with Crippen LogP contribution in [0.1, 0.15) is 13.8 Å². The molecule has 0 spiro atoms. The summed E-state index contributed by atoms with van der Waals surface area (Å²) in [6, 6.07) is 5.97. The summed E-state index contributed by atoms with van der Waals surface area (Å²) in [4.78, 5) is 0. The molecule has 0 atom stereocenters. The van der Waals surface area contributed by atoms with Gasteiger partial charge in [0.25, 0.3) is 0 Å². The standard InChI is InChI=1S/C11H15Br2NO/c1-11(2,7-15)6-14-10-5-8(12)3-4-9(10)13/h3-5,14-15H,6-7H2,1-2H3. The molecule has 15 heavy (non-hydrogen) atoms. The molecular formula is C11H15Br2NO. The van der Waals surface area contributed by atoms with Gasteiger partial charge in [0.2, 0.25) is 0 Å². The highest BCUT2D eigenvalue weighted by Gasteiger charge is 2.16. The summed E-state index contributed by atoms with van der Waals surface area (Å²) in [5, 5.41) is 12.4. The quantitative estimate of drug-likeness (QED) is 0.879. The van der Waals surface area contributed by atoms with E-state index in [0.29, 0.717) is 0 Å². The lowest BCUT2D eigenvalue weighted by Crippen LogP contribution is -2.26. The molecule has 1 aromatic carbocycles. The molecule has 0 bridgehead atoms. The van der Waals surface area contributed by atoms with Gasteiger partial charge >= 0.3 is 0 Å². The fourth-order valence-electron chi connectivity index (χ4n) is 1.02. The van der Waals surface area contributed by atoms with Gasteiger partial charge in [-0.05, 0) is 34.1 Å². The first kappa shape index (κ1) is 13.0. The van der Waals surface area contributed by atoms with Crippen LogP contribution in [0.2, 0.25) is 0 Å². The van der Waals surface area contributed by atoms with Crippen LogP contribution in [0.15, 0.2) is 27.1 Å². The van der Waals surface area contributed by atoms with Crippen LogP contribution in [0, 0.1) is 5.41 Å². The Morgan fingerprint density at radius 2 is 2.00 bits per heavy atom. The third-order valence-electron chi connectivity index (χ3n) is 2.11. The molecule has 4 heteroatoms. The van der Waals surface area contributed by atoms with Gasteiger partial charge in [-0.1, -0.05) is 29.8 Å². The summed E-state index contributed by atoms with van der Waals surface area (Å²) in [5.74, 6) is 0. The SMILES string of the molecule is CC(C)(CO)CNc1cc(Br)ccc1Br. The van der Waals surface area contributed by atoms with E-state index in [0.717, 1.165) is 21.2 Å². The van der Waals surface area contributed by atoms with E-state index in [1.165, 1.54) is 0 Å². The summed E-state index contributed by atoms with van der Waals surface area (Å²) in [5.41, 5.74) is 0.924. The Labute approximate surface area is 107 Å². The Balaban J connectivity index is 2.69. The lowest BCUT2D eigenvalue weighted by atomic mass is 9.95. The largest absolute Gasteiger partial charge is 0.396 e. The maximum absolute atomic E-state index is 9.13. The van der Waals surface area contributed by atoms with Gasteiger partial charge in [0.1, 0.15) is 0 Å². The third kappa shape index (κ3) is 4.13. The molecule has 1 rings (SSSR count). The topological polar surface area (TPSA) is 32.3 Å². The van der Waals surface area contributed by atoms with Crippen LogP contribution in [0.3, 0.4) is 0 Å². The molecule has 0 aliphatic carbocycles. The lowest BCUT2D eigenvalue weighted by molar-refractivity contribution is 0.171. The Bertz CT molecular complexity index is 339. The van der Waals surface area contributed by atoms with Gasteiger partial charge in [-0.2, -0.15) is 0 Å². The first-order chi connectivity index (χ1) is 6.94. The third-order valence-corrected chi connectivity index (χ3v) is 3.30. The van der Waals surface area contributed by atoms with Crippen molar-refractivity contribution in [1.29, 1.82) is 0 Å². The molecule has 0 aromatic heterocycles.